The third kappa shape index (κ3) is 5.66. The SMILES string of the molecule is CC(C)(C)CC(=O)Nc1cccc(NC(=O)c2ccc([N+](=O)[O-])cc2)n1. The Balaban J connectivity index is 2.04. The summed E-state index contributed by atoms with van der Waals surface area (Å²) in [6, 6.07) is 10.1. The number of carbonyl (C=O) groups is 2. The van der Waals surface area contributed by atoms with Crippen molar-refractivity contribution in [1.82, 2.24) is 4.98 Å². The van der Waals surface area contributed by atoms with E-state index in [1.807, 2.05) is 20.8 Å². The first-order chi connectivity index (χ1) is 12.1. The fourth-order valence-electron chi connectivity index (χ4n) is 2.17. The summed E-state index contributed by atoms with van der Waals surface area (Å²) in [6.07, 6.45) is 0.341. The lowest BCUT2D eigenvalue weighted by molar-refractivity contribution is -0.384. The number of aromatic nitrogens is 1. The van der Waals surface area contributed by atoms with Gasteiger partial charge in [0.2, 0.25) is 5.91 Å². The van der Waals surface area contributed by atoms with Crippen molar-refractivity contribution in [3.8, 4) is 0 Å². The minimum absolute atomic E-state index is 0.0942. The maximum Gasteiger partial charge on any atom is 0.269 e. The molecule has 1 aromatic heterocycles. The van der Waals surface area contributed by atoms with E-state index in [9.17, 15) is 19.7 Å². The quantitative estimate of drug-likeness (QED) is 0.627. The largest absolute Gasteiger partial charge is 0.311 e. The van der Waals surface area contributed by atoms with Crippen molar-refractivity contribution in [1.29, 1.82) is 0 Å². The number of hydrogen-bond acceptors (Lipinski definition) is 5. The van der Waals surface area contributed by atoms with Gasteiger partial charge in [-0.2, -0.15) is 0 Å². The predicted octanol–water partition coefficient (Wildman–Crippen LogP) is 3.62. The van der Waals surface area contributed by atoms with Crippen LogP contribution < -0.4 is 10.6 Å². The summed E-state index contributed by atoms with van der Waals surface area (Å²) < 4.78 is 0. The minimum Gasteiger partial charge on any atom is -0.311 e. The molecular formula is C18H20N4O4. The zero-order valence-corrected chi connectivity index (χ0v) is 14.8. The van der Waals surface area contributed by atoms with Gasteiger partial charge in [-0.3, -0.25) is 19.7 Å². The molecule has 0 spiro atoms. The fraction of sp³-hybridized carbons (Fsp3) is 0.278. The summed E-state index contributed by atoms with van der Waals surface area (Å²) in [5.74, 6) is -0.0166. The molecule has 0 radical (unpaired) electrons. The molecule has 2 aromatic rings. The molecule has 1 heterocycles. The predicted molar refractivity (Wildman–Crippen MR) is 98.0 cm³/mol. The van der Waals surface area contributed by atoms with Gasteiger partial charge in [0.1, 0.15) is 11.6 Å². The Hall–Kier alpha value is -3.29. The molecule has 26 heavy (non-hydrogen) atoms. The summed E-state index contributed by atoms with van der Waals surface area (Å²) in [6.45, 7) is 5.88. The number of anilines is 2. The molecule has 0 atom stereocenters. The standard InChI is InChI=1S/C18H20N4O4/c1-18(2,3)11-16(23)20-14-5-4-6-15(19-14)21-17(24)12-7-9-13(10-8-12)22(25)26/h4-10H,11H2,1-3H3,(H2,19,20,21,23,24). The molecule has 8 nitrogen and oxygen atoms in total. The average molecular weight is 356 g/mol. The van der Waals surface area contributed by atoms with Crippen molar-refractivity contribution in [2.24, 2.45) is 5.41 Å². The van der Waals surface area contributed by atoms with E-state index in [0.29, 0.717) is 12.2 Å². The molecule has 2 rings (SSSR count). The molecule has 136 valence electrons. The second-order valence-electron chi connectivity index (χ2n) is 6.95. The van der Waals surface area contributed by atoms with E-state index in [2.05, 4.69) is 15.6 Å². The number of amides is 2. The molecule has 0 saturated heterocycles. The molecule has 2 amide bonds. The van der Waals surface area contributed by atoms with Gasteiger partial charge in [0.15, 0.2) is 0 Å². The third-order valence-corrected chi connectivity index (χ3v) is 3.29. The van der Waals surface area contributed by atoms with E-state index in [1.54, 1.807) is 18.2 Å². The van der Waals surface area contributed by atoms with E-state index in [-0.39, 0.29) is 28.4 Å². The zero-order chi connectivity index (χ0) is 19.3. The van der Waals surface area contributed by atoms with Crippen molar-refractivity contribution < 1.29 is 14.5 Å². The number of hydrogen-bond donors (Lipinski definition) is 2. The highest BCUT2D eigenvalue weighted by molar-refractivity contribution is 6.04. The topological polar surface area (TPSA) is 114 Å². The van der Waals surface area contributed by atoms with Crippen LogP contribution in [0, 0.1) is 15.5 Å². The van der Waals surface area contributed by atoms with Crippen LogP contribution in [0.4, 0.5) is 17.3 Å². The molecule has 0 aliphatic heterocycles. The van der Waals surface area contributed by atoms with Crippen LogP contribution in [0.25, 0.3) is 0 Å². The van der Waals surface area contributed by atoms with Crippen LogP contribution in [0.3, 0.4) is 0 Å². The fourth-order valence-corrected chi connectivity index (χ4v) is 2.17. The monoisotopic (exact) mass is 356 g/mol. The minimum atomic E-state index is -0.535. The summed E-state index contributed by atoms with van der Waals surface area (Å²) in [5.41, 5.74) is 0.0223. The number of nitro groups is 1. The van der Waals surface area contributed by atoms with E-state index in [0.717, 1.165) is 0 Å². The molecule has 0 unspecified atom stereocenters. The summed E-state index contributed by atoms with van der Waals surface area (Å²) in [7, 11) is 0. The Morgan fingerprint density at radius 3 is 2.15 bits per heavy atom. The number of nitro benzene ring substituents is 1. The lowest BCUT2D eigenvalue weighted by atomic mass is 9.92. The Morgan fingerprint density at radius 1 is 1.04 bits per heavy atom. The van der Waals surface area contributed by atoms with Crippen LogP contribution in [-0.4, -0.2) is 21.7 Å². The van der Waals surface area contributed by atoms with Gasteiger partial charge in [-0.15, -0.1) is 0 Å². The van der Waals surface area contributed by atoms with Crippen molar-refractivity contribution in [2.75, 3.05) is 10.6 Å². The Bertz CT molecular complexity index is 826. The number of non-ortho nitro benzene ring substituents is 1. The molecule has 0 aliphatic carbocycles. The van der Waals surface area contributed by atoms with Gasteiger partial charge < -0.3 is 10.6 Å². The molecule has 0 saturated carbocycles. The summed E-state index contributed by atoms with van der Waals surface area (Å²) in [5, 5.41) is 15.9. The molecular weight excluding hydrogens is 336 g/mol. The van der Waals surface area contributed by atoms with Crippen molar-refractivity contribution in [2.45, 2.75) is 27.2 Å². The van der Waals surface area contributed by atoms with Gasteiger partial charge in [-0.05, 0) is 29.7 Å². The Kier molecular flexibility index (Phi) is 5.66. The second-order valence-corrected chi connectivity index (χ2v) is 6.95. The maximum absolute atomic E-state index is 12.2. The molecule has 0 aliphatic rings. The Labute approximate surface area is 150 Å². The zero-order valence-electron chi connectivity index (χ0n) is 14.8. The van der Waals surface area contributed by atoms with Gasteiger partial charge in [0.25, 0.3) is 11.6 Å². The molecule has 8 heteroatoms. The number of nitrogens with zero attached hydrogens (tertiary/aromatic N) is 2. The van der Waals surface area contributed by atoms with Crippen molar-refractivity contribution >= 4 is 29.1 Å². The van der Waals surface area contributed by atoms with Gasteiger partial charge in [0, 0.05) is 24.1 Å². The van der Waals surface area contributed by atoms with Gasteiger partial charge in [0.05, 0.1) is 4.92 Å². The normalized spacial score (nSPS) is 10.9. The number of rotatable bonds is 5. The van der Waals surface area contributed by atoms with E-state index in [4.69, 9.17) is 0 Å². The van der Waals surface area contributed by atoms with Crippen LogP contribution in [-0.2, 0) is 4.79 Å². The number of carbonyl (C=O) groups excluding carboxylic acids is 2. The first-order valence-corrected chi connectivity index (χ1v) is 7.97. The number of benzene rings is 1. The van der Waals surface area contributed by atoms with Crippen LogP contribution >= 0.6 is 0 Å². The summed E-state index contributed by atoms with van der Waals surface area (Å²) in [4.78, 5) is 38.5. The number of nitrogens with one attached hydrogen (secondary N) is 2. The van der Waals surface area contributed by atoms with Gasteiger partial charge in [-0.1, -0.05) is 26.8 Å². The lowest BCUT2D eigenvalue weighted by Gasteiger charge is -2.17. The van der Waals surface area contributed by atoms with Gasteiger partial charge >= 0.3 is 0 Å². The maximum atomic E-state index is 12.2. The van der Waals surface area contributed by atoms with E-state index < -0.39 is 10.8 Å². The lowest BCUT2D eigenvalue weighted by Crippen LogP contribution is -2.20. The highest BCUT2D eigenvalue weighted by Gasteiger charge is 2.16. The van der Waals surface area contributed by atoms with E-state index in [1.165, 1.54) is 24.3 Å². The van der Waals surface area contributed by atoms with Crippen LogP contribution in [0.2, 0.25) is 0 Å². The molecule has 1 aromatic carbocycles. The van der Waals surface area contributed by atoms with Crippen LogP contribution in [0.15, 0.2) is 42.5 Å². The molecule has 2 N–H and O–H groups in total. The summed E-state index contributed by atoms with van der Waals surface area (Å²) >= 11 is 0. The van der Waals surface area contributed by atoms with Crippen LogP contribution in [0.1, 0.15) is 37.6 Å². The first-order valence-electron chi connectivity index (χ1n) is 7.97. The third-order valence-electron chi connectivity index (χ3n) is 3.29. The first kappa shape index (κ1) is 19.0. The van der Waals surface area contributed by atoms with Gasteiger partial charge in [-0.25, -0.2) is 4.98 Å². The van der Waals surface area contributed by atoms with Crippen molar-refractivity contribution in [3.05, 3.63) is 58.1 Å². The number of pyridine rings is 1. The van der Waals surface area contributed by atoms with Crippen LogP contribution in [0.5, 0.6) is 0 Å². The highest BCUT2D eigenvalue weighted by Crippen LogP contribution is 2.20. The molecule has 0 fully saturated rings. The Morgan fingerprint density at radius 2 is 1.62 bits per heavy atom. The highest BCUT2D eigenvalue weighted by atomic mass is 16.6. The van der Waals surface area contributed by atoms with E-state index >= 15 is 0 Å². The van der Waals surface area contributed by atoms with Crippen molar-refractivity contribution in [3.63, 3.8) is 0 Å². The molecule has 0 bridgehead atoms. The smallest absolute Gasteiger partial charge is 0.269 e. The second kappa shape index (κ2) is 7.73. The average Bonchev–Trinajstić information content (AvgIpc) is 2.53.